The average Bonchev–Trinajstić information content (AvgIpc) is 2.83. The van der Waals surface area contributed by atoms with E-state index in [1.165, 1.54) is 0 Å². The standard InChI is InChI=1S/C9H16F3NO/c10-9(11,12)4-1-5-14-6-8(13)7-2-3-7/h7-8H,1-6,13H2. The molecule has 14 heavy (non-hydrogen) atoms. The zero-order valence-electron chi connectivity index (χ0n) is 8.02. The van der Waals surface area contributed by atoms with Crippen molar-refractivity contribution in [2.45, 2.75) is 37.9 Å². The molecule has 0 amide bonds. The summed E-state index contributed by atoms with van der Waals surface area (Å²) in [7, 11) is 0. The number of hydrogen-bond donors (Lipinski definition) is 1. The zero-order chi connectivity index (χ0) is 10.6. The number of rotatable bonds is 6. The lowest BCUT2D eigenvalue weighted by molar-refractivity contribution is -0.138. The third-order valence-corrected chi connectivity index (χ3v) is 2.29. The maximum absolute atomic E-state index is 11.7. The van der Waals surface area contributed by atoms with Gasteiger partial charge in [-0.05, 0) is 25.2 Å². The Labute approximate surface area is 81.6 Å². The molecule has 1 aliphatic carbocycles. The van der Waals surface area contributed by atoms with E-state index in [2.05, 4.69) is 0 Å². The van der Waals surface area contributed by atoms with Crippen LogP contribution in [0.15, 0.2) is 0 Å². The first-order chi connectivity index (χ1) is 6.49. The highest BCUT2D eigenvalue weighted by atomic mass is 19.4. The maximum atomic E-state index is 11.7. The molecule has 0 spiro atoms. The van der Waals surface area contributed by atoms with Crippen molar-refractivity contribution in [2.24, 2.45) is 11.7 Å². The summed E-state index contributed by atoms with van der Waals surface area (Å²) in [5, 5.41) is 0. The van der Waals surface area contributed by atoms with Gasteiger partial charge in [-0.1, -0.05) is 0 Å². The highest BCUT2D eigenvalue weighted by molar-refractivity contribution is 4.83. The van der Waals surface area contributed by atoms with E-state index < -0.39 is 12.6 Å². The molecule has 1 saturated carbocycles. The van der Waals surface area contributed by atoms with Crippen LogP contribution >= 0.6 is 0 Å². The summed E-state index contributed by atoms with van der Waals surface area (Å²) in [5.41, 5.74) is 5.70. The Bertz CT molecular complexity index is 168. The molecule has 0 aromatic carbocycles. The van der Waals surface area contributed by atoms with Crippen LogP contribution in [-0.4, -0.2) is 25.4 Å². The topological polar surface area (TPSA) is 35.2 Å². The fourth-order valence-corrected chi connectivity index (χ4v) is 1.25. The van der Waals surface area contributed by atoms with Crippen molar-refractivity contribution in [3.63, 3.8) is 0 Å². The second-order valence-corrected chi connectivity index (χ2v) is 3.79. The Hall–Kier alpha value is -0.290. The maximum Gasteiger partial charge on any atom is 0.389 e. The van der Waals surface area contributed by atoms with E-state index in [4.69, 9.17) is 10.5 Å². The lowest BCUT2D eigenvalue weighted by Gasteiger charge is -2.11. The van der Waals surface area contributed by atoms with E-state index in [0.29, 0.717) is 12.5 Å². The van der Waals surface area contributed by atoms with Gasteiger partial charge in [0.1, 0.15) is 0 Å². The van der Waals surface area contributed by atoms with Gasteiger partial charge in [0.2, 0.25) is 0 Å². The van der Waals surface area contributed by atoms with Crippen LogP contribution in [0.2, 0.25) is 0 Å². The van der Waals surface area contributed by atoms with Gasteiger partial charge in [0.25, 0.3) is 0 Å². The summed E-state index contributed by atoms with van der Waals surface area (Å²) in [6.07, 6.45) is -2.55. The lowest BCUT2D eigenvalue weighted by atomic mass is 10.2. The van der Waals surface area contributed by atoms with Gasteiger partial charge in [-0.15, -0.1) is 0 Å². The molecule has 2 nitrogen and oxygen atoms in total. The number of alkyl halides is 3. The van der Waals surface area contributed by atoms with Crippen molar-refractivity contribution in [3.8, 4) is 0 Å². The number of halogens is 3. The van der Waals surface area contributed by atoms with Gasteiger partial charge in [0.05, 0.1) is 6.61 Å². The van der Waals surface area contributed by atoms with Crippen LogP contribution < -0.4 is 5.73 Å². The molecule has 0 saturated heterocycles. The molecule has 0 bridgehead atoms. The quantitative estimate of drug-likeness (QED) is 0.683. The molecule has 2 N–H and O–H groups in total. The molecular formula is C9H16F3NO. The normalized spacial score (nSPS) is 19.7. The summed E-state index contributed by atoms with van der Waals surface area (Å²) in [5.74, 6) is 0.539. The third kappa shape index (κ3) is 5.44. The Morgan fingerprint density at radius 2 is 2.00 bits per heavy atom. The second-order valence-electron chi connectivity index (χ2n) is 3.79. The van der Waals surface area contributed by atoms with Crippen molar-refractivity contribution in [1.82, 2.24) is 0 Å². The first kappa shape index (κ1) is 11.8. The van der Waals surface area contributed by atoms with Gasteiger partial charge < -0.3 is 10.5 Å². The molecule has 0 aromatic heterocycles. The smallest absolute Gasteiger partial charge is 0.380 e. The third-order valence-electron chi connectivity index (χ3n) is 2.29. The molecule has 1 rings (SSSR count). The molecule has 0 heterocycles. The Morgan fingerprint density at radius 3 is 2.50 bits per heavy atom. The minimum absolute atomic E-state index is 0.0147. The Balaban J connectivity index is 1.88. The van der Waals surface area contributed by atoms with Gasteiger partial charge in [-0.3, -0.25) is 0 Å². The largest absolute Gasteiger partial charge is 0.389 e. The number of nitrogens with two attached hydrogens (primary N) is 1. The first-order valence-corrected chi connectivity index (χ1v) is 4.89. The van der Waals surface area contributed by atoms with Crippen LogP contribution in [0.25, 0.3) is 0 Å². The van der Waals surface area contributed by atoms with Crippen molar-refractivity contribution in [3.05, 3.63) is 0 Å². The van der Waals surface area contributed by atoms with Gasteiger partial charge in [0.15, 0.2) is 0 Å². The van der Waals surface area contributed by atoms with Gasteiger partial charge >= 0.3 is 6.18 Å². The van der Waals surface area contributed by atoms with Gasteiger partial charge in [-0.2, -0.15) is 13.2 Å². The molecule has 1 aliphatic rings. The van der Waals surface area contributed by atoms with E-state index in [1.54, 1.807) is 0 Å². The van der Waals surface area contributed by atoms with Crippen molar-refractivity contribution in [1.29, 1.82) is 0 Å². The number of ether oxygens (including phenoxy) is 1. The molecule has 0 radical (unpaired) electrons. The van der Waals surface area contributed by atoms with Gasteiger partial charge in [-0.25, -0.2) is 0 Å². The van der Waals surface area contributed by atoms with Crippen molar-refractivity contribution < 1.29 is 17.9 Å². The van der Waals surface area contributed by atoms with Crippen LogP contribution in [0.4, 0.5) is 13.2 Å². The monoisotopic (exact) mass is 211 g/mol. The minimum Gasteiger partial charge on any atom is -0.380 e. The predicted molar refractivity (Wildman–Crippen MR) is 46.8 cm³/mol. The van der Waals surface area contributed by atoms with Crippen molar-refractivity contribution in [2.75, 3.05) is 13.2 Å². The van der Waals surface area contributed by atoms with E-state index in [1.807, 2.05) is 0 Å². The fourth-order valence-electron chi connectivity index (χ4n) is 1.25. The van der Waals surface area contributed by atoms with E-state index in [0.717, 1.165) is 12.8 Å². The van der Waals surface area contributed by atoms with Crippen LogP contribution in [0, 0.1) is 5.92 Å². The summed E-state index contributed by atoms with van der Waals surface area (Å²) < 4.78 is 40.2. The van der Waals surface area contributed by atoms with Crippen LogP contribution in [0.1, 0.15) is 25.7 Å². The van der Waals surface area contributed by atoms with Crippen LogP contribution in [-0.2, 0) is 4.74 Å². The summed E-state index contributed by atoms with van der Waals surface area (Å²) >= 11 is 0. The van der Waals surface area contributed by atoms with Crippen molar-refractivity contribution >= 4 is 0 Å². The zero-order valence-corrected chi connectivity index (χ0v) is 8.02. The predicted octanol–water partition coefficient (Wildman–Crippen LogP) is 2.08. The Kier molecular flexibility index (Phi) is 4.19. The average molecular weight is 211 g/mol. The Morgan fingerprint density at radius 1 is 1.36 bits per heavy atom. The second kappa shape index (κ2) is 4.98. The lowest BCUT2D eigenvalue weighted by Crippen LogP contribution is -2.28. The molecule has 0 aromatic rings. The van der Waals surface area contributed by atoms with E-state index >= 15 is 0 Å². The molecule has 1 unspecified atom stereocenters. The number of hydrogen-bond acceptors (Lipinski definition) is 2. The molecule has 5 heteroatoms. The van der Waals surface area contributed by atoms with Crippen LogP contribution in [0.3, 0.4) is 0 Å². The molecule has 84 valence electrons. The molecule has 1 atom stereocenters. The highest BCUT2D eigenvalue weighted by Gasteiger charge is 2.29. The van der Waals surface area contributed by atoms with E-state index in [-0.39, 0.29) is 19.1 Å². The molecule has 1 fully saturated rings. The SMILES string of the molecule is NC(COCCCC(F)(F)F)C1CC1. The minimum atomic E-state index is -4.07. The van der Waals surface area contributed by atoms with Crippen LogP contribution in [0.5, 0.6) is 0 Å². The summed E-state index contributed by atoms with van der Waals surface area (Å²) in [6.45, 7) is 0.544. The summed E-state index contributed by atoms with van der Waals surface area (Å²) in [6, 6.07) is 0.0147. The first-order valence-electron chi connectivity index (χ1n) is 4.89. The summed E-state index contributed by atoms with van der Waals surface area (Å²) in [4.78, 5) is 0. The molecule has 0 aliphatic heterocycles. The molecular weight excluding hydrogens is 195 g/mol. The fraction of sp³-hybridized carbons (Fsp3) is 1.00. The van der Waals surface area contributed by atoms with E-state index in [9.17, 15) is 13.2 Å². The van der Waals surface area contributed by atoms with Gasteiger partial charge in [0, 0.05) is 19.1 Å². The highest BCUT2D eigenvalue weighted by Crippen LogP contribution is 2.31.